The Morgan fingerprint density at radius 3 is 2.33 bits per heavy atom. The van der Waals surface area contributed by atoms with Crippen LogP contribution in [0, 0.1) is 0 Å². The molecule has 4 aromatic rings. The Morgan fingerprint density at radius 1 is 0.967 bits per heavy atom. The number of aromatic amines is 1. The third kappa shape index (κ3) is 3.00. The number of hydrogen-bond donors (Lipinski definition) is 1. The molecule has 1 aliphatic heterocycles. The van der Waals surface area contributed by atoms with Crippen molar-refractivity contribution in [2.45, 2.75) is 6.04 Å². The monoisotopic (exact) mass is 459 g/mol. The number of H-pyrrole nitrogens is 1. The van der Waals surface area contributed by atoms with Crippen molar-refractivity contribution in [3.63, 3.8) is 0 Å². The second kappa shape index (κ2) is 7.46. The Kier molecular flexibility index (Phi) is 4.64. The molecule has 6 heteroatoms. The van der Waals surface area contributed by atoms with E-state index in [0.29, 0.717) is 5.69 Å². The topological polar surface area (TPSA) is 58.2 Å². The number of halogens is 1. The zero-order valence-corrected chi connectivity index (χ0v) is 17.8. The third-order valence-corrected chi connectivity index (χ3v) is 5.88. The van der Waals surface area contributed by atoms with E-state index in [9.17, 15) is 4.79 Å². The van der Waals surface area contributed by atoms with Crippen LogP contribution in [0.2, 0.25) is 0 Å². The third-order valence-electron chi connectivity index (χ3n) is 5.35. The van der Waals surface area contributed by atoms with Gasteiger partial charge in [-0.2, -0.15) is 5.10 Å². The summed E-state index contributed by atoms with van der Waals surface area (Å²) in [7, 11) is 1.64. The maximum Gasteiger partial charge on any atom is 0.277 e. The van der Waals surface area contributed by atoms with Crippen molar-refractivity contribution in [1.82, 2.24) is 10.2 Å². The molecular formula is C24H18BrN3O2. The molecule has 0 radical (unpaired) electrons. The van der Waals surface area contributed by atoms with Gasteiger partial charge in [0.15, 0.2) is 0 Å². The molecule has 0 aliphatic carbocycles. The van der Waals surface area contributed by atoms with Crippen molar-refractivity contribution in [2.75, 3.05) is 12.0 Å². The first-order chi connectivity index (χ1) is 14.7. The van der Waals surface area contributed by atoms with Crippen LogP contribution in [-0.2, 0) is 0 Å². The number of fused-ring (bicyclic) bond motifs is 1. The summed E-state index contributed by atoms with van der Waals surface area (Å²) in [5.74, 6) is 0.689. The van der Waals surface area contributed by atoms with Gasteiger partial charge in [0.25, 0.3) is 5.91 Å². The Bertz CT molecular complexity index is 1200. The smallest absolute Gasteiger partial charge is 0.277 e. The van der Waals surface area contributed by atoms with Crippen LogP contribution in [0.15, 0.2) is 83.3 Å². The summed E-state index contributed by atoms with van der Waals surface area (Å²) in [5, 5.41) is 7.51. The molecule has 5 nitrogen and oxygen atoms in total. The first-order valence-electron chi connectivity index (χ1n) is 9.54. The second-order valence-corrected chi connectivity index (χ2v) is 7.97. The lowest BCUT2D eigenvalue weighted by Gasteiger charge is -2.26. The number of methoxy groups -OCH3 is 1. The quantitative estimate of drug-likeness (QED) is 0.432. The molecule has 0 spiro atoms. The molecule has 0 fully saturated rings. The van der Waals surface area contributed by atoms with E-state index >= 15 is 0 Å². The molecule has 0 saturated heterocycles. The molecule has 2 heterocycles. The van der Waals surface area contributed by atoms with Gasteiger partial charge in [-0.15, -0.1) is 0 Å². The minimum absolute atomic E-state index is 0.0867. The van der Waals surface area contributed by atoms with E-state index in [1.807, 2.05) is 83.8 Å². The summed E-state index contributed by atoms with van der Waals surface area (Å²) in [6, 6.07) is 25.2. The molecule has 1 atom stereocenters. The summed E-state index contributed by atoms with van der Waals surface area (Å²) in [6.07, 6.45) is 0. The van der Waals surface area contributed by atoms with Gasteiger partial charge in [-0.05, 0) is 54.1 Å². The van der Waals surface area contributed by atoms with Gasteiger partial charge in [0.2, 0.25) is 0 Å². The van der Waals surface area contributed by atoms with Crippen molar-refractivity contribution in [2.24, 2.45) is 0 Å². The second-order valence-electron chi connectivity index (χ2n) is 7.05. The maximum absolute atomic E-state index is 13.4. The van der Waals surface area contributed by atoms with Gasteiger partial charge in [0, 0.05) is 21.3 Å². The Morgan fingerprint density at radius 2 is 1.67 bits per heavy atom. The van der Waals surface area contributed by atoms with Gasteiger partial charge in [-0.1, -0.05) is 46.3 Å². The van der Waals surface area contributed by atoms with Crippen LogP contribution in [-0.4, -0.2) is 23.2 Å². The van der Waals surface area contributed by atoms with Crippen molar-refractivity contribution in [3.8, 4) is 17.0 Å². The predicted molar refractivity (Wildman–Crippen MR) is 120 cm³/mol. The number of benzene rings is 3. The molecule has 1 aromatic heterocycles. The van der Waals surface area contributed by atoms with Gasteiger partial charge >= 0.3 is 0 Å². The van der Waals surface area contributed by atoms with E-state index in [2.05, 4.69) is 26.1 Å². The fourth-order valence-corrected chi connectivity index (χ4v) is 4.20. The lowest BCUT2D eigenvalue weighted by Crippen LogP contribution is -2.29. The molecule has 1 amide bonds. The molecule has 5 rings (SSSR count). The molecular weight excluding hydrogens is 442 g/mol. The largest absolute Gasteiger partial charge is 0.497 e. The number of carbonyl (C=O) groups excluding carboxylic acids is 1. The zero-order valence-electron chi connectivity index (χ0n) is 16.2. The Hall–Kier alpha value is -3.38. The fraction of sp³-hybridized carbons (Fsp3) is 0.0833. The Labute approximate surface area is 182 Å². The highest BCUT2D eigenvalue weighted by molar-refractivity contribution is 9.10. The number of amides is 1. The number of anilines is 1. The lowest BCUT2D eigenvalue weighted by atomic mass is 9.96. The van der Waals surface area contributed by atoms with Crippen LogP contribution in [0.25, 0.3) is 11.3 Å². The summed E-state index contributed by atoms with van der Waals surface area (Å²) in [5.41, 5.74) is 4.98. The molecule has 1 aliphatic rings. The number of hydrogen-bond acceptors (Lipinski definition) is 3. The van der Waals surface area contributed by atoms with Gasteiger partial charge in [0.1, 0.15) is 11.4 Å². The average Bonchev–Trinajstić information content (AvgIpc) is 3.34. The van der Waals surface area contributed by atoms with Gasteiger partial charge < -0.3 is 4.74 Å². The van der Waals surface area contributed by atoms with Crippen LogP contribution >= 0.6 is 15.9 Å². The van der Waals surface area contributed by atoms with Crippen LogP contribution in [0.1, 0.15) is 27.7 Å². The van der Waals surface area contributed by atoms with Crippen LogP contribution in [0.5, 0.6) is 5.75 Å². The zero-order chi connectivity index (χ0) is 20.7. The summed E-state index contributed by atoms with van der Waals surface area (Å²) < 4.78 is 6.27. The summed E-state index contributed by atoms with van der Waals surface area (Å²) >= 11 is 3.50. The lowest BCUT2D eigenvalue weighted by molar-refractivity contribution is 0.0989. The number of aromatic nitrogens is 2. The molecule has 30 heavy (non-hydrogen) atoms. The molecule has 3 aromatic carbocycles. The van der Waals surface area contributed by atoms with E-state index < -0.39 is 0 Å². The first-order valence-corrected chi connectivity index (χ1v) is 10.3. The van der Waals surface area contributed by atoms with Crippen molar-refractivity contribution in [3.05, 3.63) is 100 Å². The Balaban J connectivity index is 1.70. The van der Waals surface area contributed by atoms with Crippen molar-refractivity contribution >= 4 is 27.5 Å². The van der Waals surface area contributed by atoms with Gasteiger partial charge in [0.05, 0.1) is 18.8 Å². The number of rotatable bonds is 4. The predicted octanol–water partition coefficient (Wildman–Crippen LogP) is 5.60. The van der Waals surface area contributed by atoms with Gasteiger partial charge in [-0.3, -0.25) is 14.8 Å². The van der Waals surface area contributed by atoms with E-state index in [0.717, 1.165) is 38.3 Å². The number of nitrogens with one attached hydrogen (secondary N) is 1. The first kappa shape index (κ1) is 18.6. The highest BCUT2D eigenvalue weighted by Gasteiger charge is 2.42. The van der Waals surface area contributed by atoms with E-state index in [1.165, 1.54) is 0 Å². The molecule has 148 valence electrons. The highest BCUT2D eigenvalue weighted by atomic mass is 79.9. The molecule has 0 saturated carbocycles. The molecule has 1 N–H and O–H groups in total. The van der Waals surface area contributed by atoms with Crippen molar-refractivity contribution < 1.29 is 9.53 Å². The minimum atomic E-state index is -0.279. The van der Waals surface area contributed by atoms with Gasteiger partial charge in [-0.25, -0.2) is 0 Å². The van der Waals surface area contributed by atoms with Crippen LogP contribution < -0.4 is 9.64 Å². The summed E-state index contributed by atoms with van der Waals surface area (Å²) in [6.45, 7) is 0. The fourth-order valence-electron chi connectivity index (χ4n) is 3.93. The normalized spacial score (nSPS) is 15.3. The SMILES string of the molecule is COc1ccc(-c2n[nH]c3c2[C@H](c2ccc(Br)cc2)N(c2ccccc2)C3=O)cc1. The minimum Gasteiger partial charge on any atom is -0.497 e. The number of carbonyl (C=O) groups is 1. The van der Waals surface area contributed by atoms with E-state index in [-0.39, 0.29) is 11.9 Å². The summed E-state index contributed by atoms with van der Waals surface area (Å²) in [4.78, 5) is 15.3. The molecule has 0 unspecified atom stereocenters. The molecule has 0 bridgehead atoms. The number of nitrogens with zero attached hydrogens (tertiary/aromatic N) is 2. The maximum atomic E-state index is 13.4. The van der Waals surface area contributed by atoms with Crippen molar-refractivity contribution in [1.29, 1.82) is 0 Å². The standard InChI is InChI=1S/C24H18BrN3O2/c1-30-19-13-9-15(10-14-19)21-20-22(27-26-21)24(29)28(18-5-3-2-4-6-18)23(20)16-7-11-17(25)12-8-16/h2-14,23H,1H3,(H,26,27)/t23-/m0/s1. The highest BCUT2D eigenvalue weighted by Crippen LogP contribution is 2.45. The number of para-hydroxylation sites is 1. The van der Waals surface area contributed by atoms with Crippen LogP contribution in [0.4, 0.5) is 5.69 Å². The van der Waals surface area contributed by atoms with E-state index in [4.69, 9.17) is 4.74 Å². The van der Waals surface area contributed by atoms with Crippen LogP contribution in [0.3, 0.4) is 0 Å². The van der Waals surface area contributed by atoms with E-state index in [1.54, 1.807) is 7.11 Å². The average molecular weight is 460 g/mol. The number of ether oxygens (including phenoxy) is 1.